The minimum absolute atomic E-state index is 0.0303. The molecule has 0 radical (unpaired) electrons. The summed E-state index contributed by atoms with van der Waals surface area (Å²) >= 11 is 0. The lowest BCUT2D eigenvalue weighted by atomic mass is 10.2. The first kappa shape index (κ1) is 15.0. The molecule has 0 N–H and O–H groups in total. The lowest BCUT2D eigenvalue weighted by Gasteiger charge is -2.22. The van der Waals surface area contributed by atoms with E-state index in [1.807, 2.05) is 0 Å². The lowest BCUT2D eigenvalue weighted by Crippen LogP contribution is -2.34. The van der Waals surface area contributed by atoms with Gasteiger partial charge in [-0.2, -0.15) is 0 Å². The molecule has 0 aliphatic carbocycles. The molecular formula is C12H18N2O5. The summed E-state index contributed by atoms with van der Waals surface area (Å²) in [5, 5.41) is 0. The number of carbonyl (C=O) groups excluding carboxylic acids is 2. The second kappa shape index (κ2) is 5.73. The van der Waals surface area contributed by atoms with E-state index >= 15 is 0 Å². The minimum Gasteiger partial charge on any atom is -0.460 e. The maximum absolute atomic E-state index is 11.8. The predicted molar refractivity (Wildman–Crippen MR) is 67.1 cm³/mol. The Kier molecular flexibility index (Phi) is 4.52. The van der Waals surface area contributed by atoms with E-state index in [0.717, 1.165) is 4.90 Å². The van der Waals surface area contributed by atoms with Crippen LogP contribution in [0.15, 0.2) is 10.6 Å². The van der Waals surface area contributed by atoms with Crippen LogP contribution >= 0.6 is 0 Å². The topological polar surface area (TPSA) is 81.9 Å². The maximum atomic E-state index is 11.8. The third kappa shape index (κ3) is 4.27. The van der Waals surface area contributed by atoms with Gasteiger partial charge in [0.25, 0.3) is 0 Å². The van der Waals surface area contributed by atoms with Crippen LogP contribution in [0.5, 0.6) is 0 Å². The van der Waals surface area contributed by atoms with Gasteiger partial charge in [0.15, 0.2) is 0 Å². The van der Waals surface area contributed by atoms with E-state index in [0.29, 0.717) is 0 Å². The number of rotatable bonds is 3. The van der Waals surface area contributed by atoms with Gasteiger partial charge >= 0.3 is 18.1 Å². The summed E-state index contributed by atoms with van der Waals surface area (Å²) in [4.78, 5) is 28.0. The largest absolute Gasteiger partial charge is 0.460 e. The van der Waals surface area contributed by atoms with Crippen molar-refractivity contribution in [1.82, 2.24) is 4.98 Å². The normalized spacial score (nSPS) is 11.0. The van der Waals surface area contributed by atoms with E-state index in [1.165, 1.54) is 13.2 Å². The first-order chi connectivity index (χ1) is 8.74. The van der Waals surface area contributed by atoms with Crippen LogP contribution in [-0.2, 0) is 9.47 Å². The summed E-state index contributed by atoms with van der Waals surface area (Å²) in [6.07, 6.45) is 0.582. The van der Waals surface area contributed by atoms with Crippen molar-refractivity contribution < 1.29 is 23.5 Å². The van der Waals surface area contributed by atoms with Gasteiger partial charge in [0.05, 0.1) is 12.8 Å². The fourth-order valence-corrected chi connectivity index (χ4v) is 1.13. The van der Waals surface area contributed by atoms with Crippen LogP contribution in [0, 0.1) is 0 Å². The van der Waals surface area contributed by atoms with Crippen LogP contribution in [0.1, 0.15) is 38.2 Å². The van der Waals surface area contributed by atoms with E-state index in [2.05, 4.69) is 4.98 Å². The van der Waals surface area contributed by atoms with Crippen LogP contribution in [0.4, 0.5) is 10.8 Å². The standard InChI is InChI=1S/C12H18N2O5/c1-6-17-9(15)8-7-13-10(18-8)14(5)11(16)19-12(2,3)4/h7H,6H2,1-5H3. The summed E-state index contributed by atoms with van der Waals surface area (Å²) < 4.78 is 15.0. The van der Waals surface area contributed by atoms with Crippen LogP contribution < -0.4 is 4.90 Å². The highest BCUT2D eigenvalue weighted by Crippen LogP contribution is 2.17. The average molecular weight is 270 g/mol. The van der Waals surface area contributed by atoms with Crippen molar-refractivity contribution in [2.24, 2.45) is 0 Å². The molecule has 0 fully saturated rings. The molecule has 0 bridgehead atoms. The van der Waals surface area contributed by atoms with Crippen molar-refractivity contribution in [2.75, 3.05) is 18.6 Å². The molecule has 0 atom stereocenters. The lowest BCUT2D eigenvalue weighted by molar-refractivity contribution is 0.0484. The highest BCUT2D eigenvalue weighted by atomic mass is 16.6. The number of amides is 1. The number of nitrogens with zero attached hydrogens (tertiary/aromatic N) is 2. The number of carbonyl (C=O) groups is 2. The second-order valence-electron chi connectivity index (χ2n) is 4.77. The zero-order valence-corrected chi connectivity index (χ0v) is 11.7. The highest BCUT2D eigenvalue weighted by molar-refractivity contribution is 5.88. The highest BCUT2D eigenvalue weighted by Gasteiger charge is 2.24. The molecule has 1 aromatic rings. The van der Waals surface area contributed by atoms with Gasteiger partial charge in [-0.15, -0.1) is 0 Å². The Hall–Kier alpha value is -2.05. The van der Waals surface area contributed by atoms with E-state index < -0.39 is 17.7 Å². The Morgan fingerprint density at radius 2 is 2.05 bits per heavy atom. The Labute approximate surface area is 111 Å². The number of oxazole rings is 1. The van der Waals surface area contributed by atoms with E-state index in [4.69, 9.17) is 13.9 Å². The fourth-order valence-electron chi connectivity index (χ4n) is 1.13. The van der Waals surface area contributed by atoms with Gasteiger partial charge in [-0.3, -0.25) is 0 Å². The van der Waals surface area contributed by atoms with Gasteiger partial charge < -0.3 is 13.9 Å². The molecule has 0 spiro atoms. The molecule has 0 aliphatic rings. The summed E-state index contributed by atoms with van der Waals surface area (Å²) in [6.45, 7) is 7.16. The van der Waals surface area contributed by atoms with Gasteiger partial charge in [0.2, 0.25) is 5.76 Å². The molecule has 1 rings (SSSR count). The monoisotopic (exact) mass is 270 g/mol. The van der Waals surface area contributed by atoms with Crippen molar-refractivity contribution >= 4 is 18.1 Å². The third-order valence-corrected chi connectivity index (χ3v) is 1.92. The predicted octanol–water partition coefficient (Wildman–Crippen LogP) is 2.22. The van der Waals surface area contributed by atoms with Crippen LogP contribution in [0.25, 0.3) is 0 Å². The zero-order valence-electron chi connectivity index (χ0n) is 11.7. The smallest absolute Gasteiger partial charge is 0.418 e. The van der Waals surface area contributed by atoms with Crippen LogP contribution in [0.3, 0.4) is 0 Å². The molecule has 0 aliphatic heterocycles. The van der Waals surface area contributed by atoms with Crippen LogP contribution in [0.2, 0.25) is 0 Å². The number of esters is 1. The van der Waals surface area contributed by atoms with Crippen LogP contribution in [-0.4, -0.2) is 36.3 Å². The van der Waals surface area contributed by atoms with Gasteiger partial charge in [0, 0.05) is 7.05 Å². The first-order valence-corrected chi connectivity index (χ1v) is 5.84. The van der Waals surface area contributed by atoms with Gasteiger partial charge in [-0.25, -0.2) is 19.5 Å². The summed E-state index contributed by atoms with van der Waals surface area (Å²) in [5.74, 6) is -0.689. The number of anilines is 1. The van der Waals surface area contributed by atoms with Crippen molar-refractivity contribution in [2.45, 2.75) is 33.3 Å². The molecule has 1 heterocycles. The van der Waals surface area contributed by atoms with Gasteiger partial charge in [-0.1, -0.05) is 0 Å². The molecule has 106 valence electrons. The Morgan fingerprint density at radius 1 is 1.42 bits per heavy atom. The van der Waals surface area contributed by atoms with Crippen molar-refractivity contribution in [3.63, 3.8) is 0 Å². The molecule has 0 saturated heterocycles. The Balaban J connectivity index is 2.76. The van der Waals surface area contributed by atoms with Crippen molar-refractivity contribution in [1.29, 1.82) is 0 Å². The molecule has 0 aromatic carbocycles. The van der Waals surface area contributed by atoms with Gasteiger partial charge in [-0.05, 0) is 27.7 Å². The number of hydrogen-bond acceptors (Lipinski definition) is 6. The fraction of sp³-hybridized carbons (Fsp3) is 0.583. The number of aromatic nitrogens is 1. The third-order valence-electron chi connectivity index (χ3n) is 1.92. The molecule has 7 nitrogen and oxygen atoms in total. The maximum Gasteiger partial charge on any atom is 0.418 e. The molecule has 19 heavy (non-hydrogen) atoms. The summed E-state index contributed by atoms with van der Waals surface area (Å²) in [7, 11) is 1.44. The molecule has 1 amide bonds. The second-order valence-corrected chi connectivity index (χ2v) is 4.77. The molecule has 1 aromatic heterocycles. The summed E-state index contributed by atoms with van der Waals surface area (Å²) in [6, 6.07) is -0.0303. The summed E-state index contributed by atoms with van der Waals surface area (Å²) in [5.41, 5.74) is -0.623. The first-order valence-electron chi connectivity index (χ1n) is 5.84. The van der Waals surface area contributed by atoms with E-state index in [9.17, 15) is 9.59 Å². The Morgan fingerprint density at radius 3 is 2.58 bits per heavy atom. The molecule has 0 saturated carbocycles. The molecule has 0 unspecified atom stereocenters. The average Bonchev–Trinajstić information content (AvgIpc) is 2.75. The van der Waals surface area contributed by atoms with E-state index in [-0.39, 0.29) is 18.4 Å². The van der Waals surface area contributed by atoms with Gasteiger partial charge in [0.1, 0.15) is 5.60 Å². The number of ether oxygens (including phenoxy) is 2. The van der Waals surface area contributed by atoms with E-state index in [1.54, 1.807) is 27.7 Å². The van der Waals surface area contributed by atoms with Crippen molar-refractivity contribution in [3.05, 3.63) is 12.0 Å². The SMILES string of the molecule is CCOC(=O)c1cnc(N(C)C(=O)OC(C)(C)C)o1. The number of hydrogen-bond donors (Lipinski definition) is 0. The molecule has 7 heteroatoms. The quantitative estimate of drug-likeness (QED) is 0.783. The minimum atomic E-state index is -0.626. The van der Waals surface area contributed by atoms with Crippen molar-refractivity contribution in [3.8, 4) is 0 Å². The molecular weight excluding hydrogens is 252 g/mol. The Bertz CT molecular complexity index is 461. The zero-order chi connectivity index (χ0) is 14.6.